The van der Waals surface area contributed by atoms with E-state index in [-0.39, 0.29) is 12.1 Å². The molecule has 0 aromatic heterocycles. The Labute approximate surface area is 111 Å². The van der Waals surface area contributed by atoms with Crippen molar-refractivity contribution in [2.24, 2.45) is 0 Å². The van der Waals surface area contributed by atoms with Gasteiger partial charge in [-0.1, -0.05) is 6.07 Å². The summed E-state index contributed by atoms with van der Waals surface area (Å²) in [4.78, 5) is 11.0. The van der Waals surface area contributed by atoms with Gasteiger partial charge in [0, 0.05) is 5.56 Å². The molecule has 1 nitrogen and oxygen atoms in total. The summed E-state index contributed by atoms with van der Waals surface area (Å²) in [7, 11) is 0. The van der Waals surface area contributed by atoms with Gasteiger partial charge in [0.15, 0.2) is 5.78 Å². The molecule has 10 heteroatoms. The molecule has 1 aromatic rings. The minimum absolute atomic E-state index is 0.0865. The molecule has 0 bridgehead atoms. The van der Waals surface area contributed by atoms with Crippen LogP contribution in [-0.4, -0.2) is 5.78 Å². The van der Waals surface area contributed by atoms with Crippen LogP contribution in [-0.2, 0) is 18.5 Å². The second-order valence-electron chi connectivity index (χ2n) is 3.96. The third kappa shape index (κ3) is 3.48. The van der Waals surface area contributed by atoms with Crippen molar-refractivity contribution in [3.63, 3.8) is 0 Å². The number of hydrogen-bond acceptors (Lipinski definition) is 1. The zero-order chi connectivity index (χ0) is 16.8. The Morgan fingerprint density at radius 2 is 1.19 bits per heavy atom. The summed E-state index contributed by atoms with van der Waals surface area (Å²) in [5, 5.41) is 0. The van der Waals surface area contributed by atoms with Crippen LogP contribution >= 0.6 is 0 Å². The van der Waals surface area contributed by atoms with E-state index in [2.05, 4.69) is 0 Å². The molecule has 0 saturated carbocycles. The summed E-state index contributed by atoms with van der Waals surface area (Å²) in [6, 6.07) is -0.0992. The fourth-order valence-corrected chi connectivity index (χ4v) is 1.72. The van der Waals surface area contributed by atoms with Gasteiger partial charge >= 0.3 is 18.5 Å². The molecule has 0 radical (unpaired) electrons. The number of hydrogen-bond donors (Lipinski definition) is 0. The average Bonchev–Trinajstić information content (AvgIpc) is 2.23. The zero-order valence-electron chi connectivity index (χ0n) is 9.96. The van der Waals surface area contributed by atoms with E-state index in [0.717, 1.165) is 0 Å². The topological polar surface area (TPSA) is 17.1 Å². The Bertz CT molecular complexity index is 563. The Morgan fingerprint density at radius 3 is 1.48 bits per heavy atom. The molecule has 21 heavy (non-hydrogen) atoms. The van der Waals surface area contributed by atoms with E-state index in [1.165, 1.54) is 0 Å². The summed E-state index contributed by atoms with van der Waals surface area (Å²) in [6.07, 6.45) is -17.4. The maximum Gasteiger partial charge on any atom is 0.417 e. The van der Waals surface area contributed by atoms with Crippen molar-refractivity contribution in [2.75, 3.05) is 0 Å². The van der Waals surface area contributed by atoms with Crippen LogP contribution in [0.3, 0.4) is 0 Å². The number of rotatable bonds is 1. The maximum atomic E-state index is 12.7. The molecule has 0 heterocycles. The highest BCUT2D eigenvalue weighted by Gasteiger charge is 2.51. The van der Waals surface area contributed by atoms with Gasteiger partial charge in [0.05, 0.1) is 16.7 Å². The molecule has 0 amide bonds. The van der Waals surface area contributed by atoms with Gasteiger partial charge in [0.25, 0.3) is 0 Å². The number of alkyl halides is 9. The number of benzene rings is 1. The Kier molecular flexibility index (Phi) is 4.05. The summed E-state index contributed by atoms with van der Waals surface area (Å²) < 4.78 is 114. The highest BCUT2D eigenvalue weighted by Crippen LogP contribution is 2.47. The fraction of sp³-hybridized carbons (Fsp3) is 0.364. The van der Waals surface area contributed by atoms with Gasteiger partial charge in [-0.15, -0.1) is 0 Å². The van der Waals surface area contributed by atoms with Gasteiger partial charge in [0.2, 0.25) is 0 Å². The van der Waals surface area contributed by atoms with Crippen molar-refractivity contribution in [1.29, 1.82) is 0 Å². The molecule has 1 rings (SSSR count). The van der Waals surface area contributed by atoms with Crippen LogP contribution in [0.1, 0.15) is 34.0 Å². The maximum absolute atomic E-state index is 12.7. The molecule has 0 unspecified atom stereocenters. The summed E-state index contributed by atoms with van der Waals surface area (Å²) in [5.41, 5.74) is -9.50. The van der Waals surface area contributed by atoms with Gasteiger partial charge in [-0.3, -0.25) is 4.79 Å². The minimum Gasteiger partial charge on any atom is -0.294 e. The number of ketones is 1. The number of carbonyl (C=O) groups excluding carboxylic acids is 1. The number of Topliss-reactive ketones (excluding diaryl/α,β-unsaturated/α-hetero) is 1. The van der Waals surface area contributed by atoms with Crippen molar-refractivity contribution in [1.82, 2.24) is 0 Å². The first kappa shape index (κ1) is 17.3. The van der Waals surface area contributed by atoms with Crippen molar-refractivity contribution in [3.8, 4) is 0 Å². The number of carbonyl (C=O) groups is 1. The fourth-order valence-electron chi connectivity index (χ4n) is 1.72. The van der Waals surface area contributed by atoms with E-state index in [9.17, 15) is 44.3 Å². The first-order valence-corrected chi connectivity index (χ1v) is 5.07. The third-order valence-electron chi connectivity index (χ3n) is 2.46. The SMILES string of the molecule is CC(=O)c1ccc(C(F)(F)F)c(C(F)(F)F)c1C(F)(F)F. The lowest BCUT2D eigenvalue weighted by molar-refractivity contribution is -0.174. The summed E-state index contributed by atoms with van der Waals surface area (Å²) in [5.74, 6) is -1.43. The number of halogens is 9. The van der Waals surface area contributed by atoms with E-state index in [0.29, 0.717) is 6.92 Å². The zero-order valence-corrected chi connectivity index (χ0v) is 9.96. The van der Waals surface area contributed by atoms with Gasteiger partial charge in [-0.25, -0.2) is 0 Å². The predicted molar refractivity (Wildman–Crippen MR) is 51.5 cm³/mol. The van der Waals surface area contributed by atoms with Crippen molar-refractivity contribution in [3.05, 3.63) is 34.4 Å². The van der Waals surface area contributed by atoms with Crippen molar-refractivity contribution in [2.45, 2.75) is 25.5 Å². The van der Waals surface area contributed by atoms with Crippen LogP contribution in [0.25, 0.3) is 0 Å². The molecule has 0 atom stereocenters. The molecular formula is C11H5F9O. The molecule has 118 valence electrons. The van der Waals surface area contributed by atoms with Crippen LogP contribution in [0.15, 0.2) is 12.1 Å². The molecule has 0 aliphatic carbocycles. The van der Waals surface area contributed by atoms with Crippen molar-refractivity contribution >= 4 is 5.78 Å². The molecule has 1 aromatic carbocycles. The Balaban J connectivity index is 3.98. The van der Waals surface area contributed by atoms with E-state index in [4.69, 9.17) is 0 Å². The van der Waals surface area contributed by atoms with E-state index in [1.807, 2.05) is 0 Å². The van der Waals surface area contributed by atoms with Crippen LogP contribution < -0.4 is 0 Å². The van der Waals surface area contributed by atoms with Gasteiger partial charge in [0.1, 0.15) is 0 Å². The lowest BCUT2D eigenvalue weighted by Crippen LogP contribution is -2.25. The molecule has 0 saturated heterocycles. The largest absolute Gasteiger partial charge is 0.417 e. The third-order valence-corrected chi connectivity index (χ3v) is 2.46. The van der Waals surface area contributed by atoms with E-state index < -0.39 is 46.6 Å². The lowest BCUT2D eigenvalue weighted by Gasteiger charge is -2.22. The Morgan fingerprint density at radius 1 is 0.762 bits per heavy atom. The molecule has 0 aliphatic rings. The second kappa shape index (κ2) is 4.92. The Hall–Kier alpha value is -1.74. The molecular weight excluding hydrogens is 319 g/mol. The molecule has 0 spiro atoms. The summed E-state index contributed by atoms with van der Waals surface area (Å²) in [6.45, 7) is 0.526. The first-order chi connectivity index (χ1) is 9.17. The molecule has 0 N–H and O–H groups in total. The average molecular weight is 324 g/mol. The van der Waals surface area contributed by atoms with Crippen LogP contribution in [0, 0.1) is 0 Å². The van der Waals surface area contributed by atoms with Gasteiger partial charge in [-0.05, 0) is 13.0 Å². The highest BCUT2D eigenvalue weighted by molar-refractivity contribution is 5.96. The standard InChI is InChI=1S/C11H5F9O/c1-4(21)5-2-3-6(9(12,13)14)8(11(18,19)20)7(5)10(15,16)17/h2-3H,1H3. The monoisotopic (exact) mass is 324 g/mol. The lowest BCUT2D eigenvalue weighted by atomic mass is 9.92. The molecule has 0 fully saturated rings. The van der Waals surface area contributed by atoms with E-state index in [1.54, 1.807) is 0 Å². The highest BCUT2D eigenvalue weighted by atomic mass is 19.4. The van der Waals surface area contributed by atoms with Crippen LogP contribution in [0.4, 0.5) is 39.5 Å². The smallest absolute Gasteiger partial charge is 0.294 e. The normalized spacial score (nSPS) is 13.4. The van der Waals surface area contributed by atoms with Gasteiger partial charge in [-0.2, -0.15) is 39.5 Å². The molecule has 0 aliphatic heterocycles. The quantitative estimate of drug-likeness (QED) is 0.528. The van der Waals surface area contributed by atoms with Crippen molar-refractivity contribution < 1.29 is 44.3 Å². The minimum atomic E-state index is -5.93. The first-order valence-electron chi connectivity index (χ1n) is 5.07. The second-order valence-corrected chi connectivity index (χ2v) is 3.96. The predicted octanol–water partition coefficient (Wildman–Crippen LogP) is 4.95. The van der Waals surface area contributed by atoms with Crippen LogP contribution in [0.2, 0.25) is 0 Å². The summed E-state index contributed by atoms with van der Waals surface area (Å²) >= 11 is 0. The van der Waals surface area contributed by atoms with Gasteiger partial charge < -0.3 is 0 Å². The van der Waals surface area contributed by atoms with Crippen LogP contribution in [0.5, 0.6) is 0 Å². The van der Waals surface area contributed by atoms with E-state index >= 15 is 0 Å².